The van der Waals surface area contributed by atoms with Crippen molar-refractivity contribution in [3.8, 4) is 0 Å². The summed E-state index contributed by atoms with van der Waals surface area (Å²) >= 11 is 0. The Balaban J connectivity index is 1.72. The van der Waals surface area contributed by atoms with Crippen LogP contribution in [0.1, 0.15) is 12.1 Å². The van der Waals surface area contributed by atoms with Gasteiger partial charge in [-0.3, -0.25) is 9.69 Å². The fraction of sp³-hybridized carbons (Fsp3) is 0.700. The minimum absolute atomic E-state index is 0.0738. The van der Waals surface area contributed by atoms with Gasteiger partial charge in [0.25, 0.3) is 0 Å². The van der Waals surface area contributed by atoms with E-state index in [1.165, 1.54) is 0 Å². The molecule has 1 fully saturated rings. The van der Waals surface area contributed by atoms with Crippen LogP contribution < -0.4 is 5.32 Å². The van der Waals surface area contributed by atoms with Gasteiger partial charge in [-0.1, -0.05) is 5.16 Å². The molecule has 0 unspecified atom stereocenters. The maximum absolute atomic E-state index is 11.6. The number of aryl methyl sites for hydroxylation is 1. The van der Waals surface area contributed by atoms with Crippen molar-refractivity contribution >= 4 is 11.7 Å². The molecule has 17 heavy (non-hydrogen) atoms. The maximum atomic E-state index is 11.6. The molecule has 1 amide bonds. The molecule has 0 aliphatic carbocycles. The first-order chi connectivity index (χ1) is 8.25. The van der Waals surface area contributed by atoms with Crippen LogP contribution in [0.2, 0.25) is 0 Å². The number of hydrogen-bond donors (Lipinski definition) is 1. The smallest absolute Gasteiger partial charge is 0.226 e. The second-order valence-corrected chi connectivity index (χ2v) is 3.95. The molecule has 1 saturated heterocycles. The Morgan fingerprint density at radius 3 is 2.82 bits per heavy atom. The highest BCUT2D eigenvalue weighted by atomic mass is 16.6. The number of aromatic nitrogens is 2. The number of hydrogen-bond acceptors (Lipinski definition) is 6. The molecule has 1 aromatic heterocycles. The van der Waals surface area contributed by atoms with Crippen molar-refractivity contribution in [2.75, 3.05) is 38.2 Å². The number of nitrogens with zero attached hydrogens (tertiary/aromatic N) is 3. The Bertz CT molecular complexity index is 373. The minimum atomic E-state index is -0.0738. The van der Waals surface area contributed by atoms with Crippen molar-refractivity contribution in [2.45, 2.75) is 13.3 Å². The van der Waals surface area contributed by atoms with E-state index in [0.717, 1.165) is 32.8 Å². The lowest BCUT2D eigenvalue weighted by Gasteiger charge is -2.26. The van der Waals surface area contributed by atoms with Crippen LogP contribution in [0, 0.1) is 6.92 Å². The molecule has 0 bridgehead atoms. The number of anilines is 1. The van der Waals surface area contributed by atoms with Crippen LogP contribution in [0.15, 0.2) is 4.63 Å². The number of carbonyl (C=O) groups excluding carboxylic acids is 1. The molecule has 0 saturated carbocycles. The zero-order chi connectivity index (χ0) is 12.1. The molecule has 0 radical (unpaired) electrons. The predicted molar refractivity (Wildman–Crippen MR) is 59.5 cm³/mol. The second kappa shape index (κ2) is 5.74. The monoisotopic (exact) mass is 240 g/mol. The van der Waals surface area contributed by atoms with Gasteiger partial charge in [-0.25, -0.2) is 4.63 Å². The average Bonchev–Trinajstić information content (AvgIpc) is 2.74. The lowest BCUT2D eigenvalue weighted by atomic mass is 10.3. The Labute approximate surface area is 99.1 Å². The fourth-order valence-electron chi connectivity index (χ4n) is 1.62. The highest BCUT2D eigenvalue weighted by molar-refractivity contribution is 5.90. The molecule has 94 valence electrons. The number of ether oxygens (including phenoxy) is 1. The highest BCUT2D eigenvalue weighted by Gasteiger charge is 2.13. The van der Waals surface area contributed by atoms with Crippen molar-refractivity contribution in [3.63, 3.8) is 0 Å². The minimum Gasteiger partial charge on any atom is -0.379 e. The number of rotatable bonds is 4. The van der Waals surface area contributed by atoms with Crippen molar-refractivity contribution in [1.82, 2.24) is 15.2 Å². The molecule has 2 heterocycles. The van der Waals surface area contributed by atoms with E-state index in [2.05, 4.69) is 25.2 Å². The summed E-state index contributed by atoms with van der Waals surface area (Å²) in [5, 5.41) is 9.86. The Kier molecular flexibility index (Phi) is 4.05. The van der Waals surface area contributed by atoms with E-state index >= 15 is 0 Å². The van der Waals surface area contributed by atoms with Gasteiger partial charge in [-0.15, -0.1) is 0 Å². The number of amides is 1. The summed E-state index contributed by atoms with van der Waals surface area (Å²) in [7, 11) is 0. The lowest BCUT2D eigenvalue weighted by Crippen LogP contribution is -2.38. The lowest BCUT2D eigenvalue weighted by molar-refractivity contribution is -0.116. The quantitative estimate of drug-likeness (QED) is 0.800. The third-order valence-electron chi connectivity index (χ3n) is 2.67. The van der Waals surface area contributed by atoms with E-state index in [1.807, 2.05) is 0 Å². The molecule has 2 rings (SSSR count). The van der Waals surface area contributed by atoms with Gasteiger partial charge in [0.1, 0.15) is 5.69 Å². The third-order valence-corrected chi connectivity index (χ3v) is 2.67. The van der Waals surface area contributed by atoms with Crippen LogP contribution >= 0.6 is 0 Å². The van der Waals surface area contributed by atoms with E-state index in [1.54, 1.807) is 6.92 Å². The number of carbonyl (C=O) groups is 1. The van der Waals surface area contributed by atoms with Crippen LogP contribution in [0.3, 0.4) is 0 Å². The second-order valence-electron chi connectivity index (χ2n) is 3.95. The van der Waals surface area contributed by atoms with Gasteiger partial charge in [0.15, 0.2) is 5.82 Å². The van der Waals surface area contributed by atoms with Crippen molar-refractivity contribution in [3.05, 3.63) is 5.69 Å². The molecule has 7 nitrogen and oxygen atoms in total. The van der Waals surface area contributed by atoms with Crippen LogP contribution in [0.4, 0.5) is 5.82 Å². The zero-order valence-corrected chi connectivity index (χ0v) is 9.81. The number of morpholine rings is 1. The van der Waals surface area contributed by atoms with Gasteiger partial charge in [0, 0.05) is 26.1 Å². The summed E-state index contributed by atoms with van der Waals surface area (Å²) in [6, 6.07) is 0. The summed E-state index contributed by atoms with van der Waals surface area (Å²) in [6.45, 7) is 5.73. The fourth-order valence-corrected chi connectivity index (χ4v) is 1.62. The van der Waals surface area contributed by atoms with Gasteiger partial charge >= 0.3 is 0 Å². The standard InChI is InChI=1S/C10H16N4O3/c1-8-10(13-17-12-8)11-9(15)2-3-14-4-6-16-7-5-14/h2-7H2,1H3,(H,11,13,15). The van der Waals surface area contributed by atoms with E-state index in [9.17, 15) is 4.79 Å². The summed E-state index contributed by atoms with van der Waals surface area (Å²) in [5.74, 6) is 0.326. The zero-order valence-electron chi connectivity index (χ0n) is 9.81. The summed E-state index contributed by atoms with van der Waals surface area (Å²) in [5.41, 5.74) is 0.588. The molecular formula is C10H16N4O3. The number of nitrogens with one attached hydrogen (secondary N) is 1. The van der Waals surface area contributed by atoms with Crippen LogP contribution in [0.25, 0.3) is 0 Å². The first kappa shape index (κ1) is 12.0. The van der Waals surface area contributed by atoms with Gasteiger partial charge in [-0.05, 0) is 12.1 Å². The summed E-state index contributed by atoms with van der Waals surface area (Å²) in [6.07, 6.45) is 0.437. The molecule has 1 aromatic rings. The van der Waals surface area contributed by atoms with Crippen LogP contribution in [0.5, 0.6) is 0 Å². The van der Waals surface area contributed by atoms with E-state index in [4.69, 9.17) is 4.74 Å². The average molecular weight is 240 g/mol. The van der Waals surface area contributed by atoms with E-state index in [-0.39, 0.29) is 5.91 Å². The SMILES string of the molecule is Cc1nonc1NC(=O)CCN1CCOCC1. The molecular weight excluding hydrogens is 224 g/mol. The van der Waals surface area contributed by atoms with Gasteiger partial charge < -0.3 is 10.1 Å². The van der Waals surface area contributed by atoms with E-state index in [0.29, 0.717) is 17.9 Å². The summed E-state index contributed by atoms with van der Waals surface area (Å²) < 4.78 is 9.73. The van der Waals surface area contributed by atoms with Gasteiger partial charge in [0.2, 0.25) is 5.91 Å². The largest absolute Gasteiger partial charge is 0.379 e. The molecule has 0 atom stereocenters. The topological polar surface area (TPSA) is 80.5 Å². The van der Waals surface area contributed by atoms with Gasteiger partial charge in [-0.2, -0.15) is 0 Å². The van der Waals surface area contributed by atoms with Crippen LogP contribution in [-0.2, 0) is 9.53 Å². The van der Waals surface area contributed by atoms with Crippen molar-refractivity contribution in [2.24, 2.45) is 0 Å². The molecule has 1 N–H and O–H groups in total. The van der Waals surface area contributed by atoms with E-state index < -0.39 is 0 Å². The first-order valence-corrected chi connectivity index (χ1v) is 5.65. The normalized spacial score (nSPS) is 17.0. The Morgan fingerprint density at radius 2 is 2.18 bits per heavy atom. The van der Waals surface area contributed by atoms with Crippen molar-refractivity contribution in [1.29, 1.82) is 0 Å². The third kappa shape index (κ3) is 3.50. The molecule has 7 heteroatoms. The van der Waals surface area contributed by atoms with Crippen molar-refractivity contribution < 1.29 is 14.2 Å². The molecule has 1 aliphatic heterocycles. The Hall–Kier alpha value is -1.47. The molecule has 0 spiro atoms. The highest BCUT2D eigenvalue weighted by Crippen LogP contribution is 2.07. The van der Waals surface area contributed by atoms with Crippen LogP contribution in [-0.4, -0.2) is 54.0 Å². The van der Waals surface area contributed by atoms with Gasteiger partial charge in [0.05, 0.1) is 13.2 Å². The predicted octanol–water partition coefficient (Wildman–Crippen LogP) is 0.0388. The molecule has 1 aliphatic rings. The molecule has 0 aromatic carbocycles. The summed E-state index contributed by atoms with van der Waals surface area (Å²) in [4.78, 5) is 13.8. The first-order valence-electron chi connectivity index (χ1n) is 5.65. The Morgan fingerprint density at radius 1 is 1.41 bits per heavy atom. The maximum Gasteiger partial charge on any atom is 0.226 e.